The van der Waals surface area contributed by atoms with Crippen LogP contribution in [-0.4, -0.2) is 31.6 Å². The highest BCUT2D eigenvalue weighted by molar-refractivity contribution is 5.36. The largest absolute Gasteiger partial charge is 0.496 e. The van der Waals surface area contributed by atoms with Crippen LogP contribution in [0.2, 0.25) is 0 Å². The molecule has 2 nitrogen and oxygen atoms in total. The molecule has 0 aromatic heterocycles. The molecule has 1 aliphatic carbocycles. The molecule has 0 spiro atoms. The van der Waals surface area contributed by atoms with E-state index in [1.54, 1.807) is 18.3 Å². The predicted octanol–water partition coefficient (Wildman–Crippen LogP) is 3.81. The fourth-order valence-electron chi connectivity index (χ4n) is 3.77. The SMILES string of the molecule is COc1ccccc1CC1C2=C(CCCC2)CCN1C. The van der Waals surface area contributed by atoms with Crippen LogP contribution in [0, 0.1) is 0 Å². The second kappa shape index (κ2) is 6.01. The van der Waals surface area contributed by atoms with E-state index in [1.807, 2.05) is 0 Å². The Morgan fingerprint density at radius 3 is 2.80 bits per heavy atom. The smallest absolute Gasteiger partial charge is 0.122 e. The van der Waals surface area contributed by atoms with Crippen LogP contribution in [0.1, 0.15) is 37.7 Å². The molecule has 0 N–H and O–H groups in total. The molecule has 1 aromatic rings. The standard InChI is InChI=1S/C18H25NO/c1-19-12-11-14-7-3-5-9-16(14)17(19)13-15-8-4-6-10-18(15)20-2/h4,6,8,10,17H,3,5,7,9,11-13H2,1-2H3. The Bertz CT molecular complexity index is 506. The number of nitrogens with zero attached hydrogens (tertiary/aromatic N) is 1. The summed E-state index contributed by atoms with van der Waals surface area (Å²) in [5.41, 5.74) is 4.83. The van der Waals surface area contributed by atoms with Crippen LogP contribution >= 0.6 is 0 Å². The summed E-state index contributed by atoms with van der Waals surface area (Å²) >= 11 is 0. The van der Waals surface area contributed by atoms with E-state index in [0.29, 0.717) is 6.04 Å². The Morgan fingerprint density at radius 1 is 1.15 bits per heavy atom. The number of hydrogen-bond donors (Lipinski definition) is 0. The first-order valence-corrected chi connectivity index (χ1v) is 7.82. The van der Waals surface area contributed by atoms with E-state index in [1.165, 1.54) is 44.2 Å². The van der Waals surface area contributed by atoms with Crippen LogP contribution < -0.4 is 4.74 Å². The summed E-state index contributed by atoms with van der Waals surface area (Å²) in [6.07, 6.45) is 7.78. The average Bonchev–Trinajstić information content (AvgIpc) is 2.50. The summed E-state index contributed by atoms with van der Waals surface area (Å²) in [5.74, 6) is 1.03. The summed E-state index contributed by atoms with van der Waals surface area (Å²) in [5, 5.41) is 0. The summed E-state index contributed by atoms with van der Waals surface area (Å²) in [6.45, 7) is 1.21. The number of ether oxygens (including phenoxy) is 1. The number of rotatable bonds is 3. The molecule has 0 saturated heterocycles. The van der Waals surface area contributed by atoms with Gasteiger partial charge in [0.25, 0.3) is 0 Å². The van der Waals surface area contributed by atoms with E-state index in [2.05, 4.69) is 36.2 Å². The molecule has 0 saturated carbocycles. The first kappa shape index (κ1) is 13.7. The molecule has 20 heavy (non-hydrogen) atoms. The maximum atomic E-state index is 5.52. The Morgan fingerprint density at radius 2 is 1.95 bits per heavy atom. The Hall–Kier alpha value is -1.28. The van der Waals surface area contributed by atoms with Gasteiger partial charge in [-0.3, -0.25) is 4.90 Å². The Kier molecular flexibility index (Phi) is 4.11. The van der Waals surface area contributed by atoms with Gasteiger partial charge in [0.05, 0.1) is 7.11 Å². The lowest BCUT2D eigenvalue weighted by molar-refractivity contribution is 0.241. The van der Waals surface area contributed by atoms with Gasteiger partial charge < -0.3 is 4.74 Å². The van der Waals surface area contributed by atoms with Gasteiger partial charge in [-0.2, -0.15) is 0 Å². The van der Waals surface area contributed by atoms with Gasteiger partial charge in [0.2, 0.25) is 0 Å². The molecule has 2 aliphatic rings. The second-order valence-electron chi connectivity index (χ2n) is 6.10. The quantitative estimate of drug-likeness (QED) is 0.775. The van der Waals surface area contributed by atoms with E-state index in [0.717, 1.165) is 12.2 Å². The molecule has 1 atom stereocenters. The van der Waals surface area contributed by atoms with Crippen molar-refractivity contribution < 1.29 is 4.74 Å². The van der Waals surface area contributed by atoms with E-state index in [-0.39, 0.29) is 0 Å². The highest BCUT2D eigenvalue weighted by Gasteiger charge is 2.29. The topological polar surface area (TPSA) is 12.5 Å². The van der Waals surface area contributed by atoms with Crippen molar-refractivity contribution >= 4 is 0 Å². The van der Waals surface area contributed by atoms with Crippen LogP contribution in [0.5, 0.6) is 5.75 Å². The maximum absolute atomic E-state index is 5.52. The van der Waals surface area contributed by atoms with Gasteiger partial charge in [-0.25, -0.2) is 0 Å². The molecule has 1 aliphatic heterocycles. The third-order valence-electron chi connectivity index (χ3n) is 4.94. The molecule has 1 aromatic carbocycles. The number of para-hydroxylation sites is 1. The number of likely N-dealkylation sites (N-methyl/N-ethyl adjacent to an activating group) is 1. The zero-order valence-corrected chi connectivity index (χ0v) is 12.7. The lowest BCUT2D eigenvalue weighted by Crippen LogP contribution is -2.40. The number of hydrogen-bond acceptors (Lipinski definition) is 2. The lowest BCUT2D eigenvalue weighted by Gasteiger charge is -2.39. The van der Waals surface area contributed by atoms with Crippen LogP contribution in [0.15, 0.2) is 35.4 Å². The molecule has 0 fully saturated rings. The van der Waals surface area contributed by atoms with Crippen molar-refractivity contribution in [2.45, 2.75) is 44.6 Å². The van der Waals surface area contributed by atoms with Gasteiger partial charge in [0.15, 0.2) is 0 Å². The first-order chi connectivity index (χ1) is 9.79. The van der Waals surface area contributed by atoms with E-state index < -0.39 is 0 Å². The van der Waals surface area contributed by atoms with E-state index >= 15 is 0 Å². The van der Waals surface area contributed by atoms with E-state index in [4.69, 9.17) is 4.74 Å². The monoisotopic (exact) mass is 271 g/mol. The number of benzene rings is 1. The highest BCUT2D eigenvalue weighted by Crippen LogP contribution is 2.36. The molecule has 0 amide bonds. The van der Waals surface area contributed by atoms with Crippen LogP contribution in [0.4, 0.5) is 0 Å². The van der Waals surface area contributed by atoms with Crippen molar-refractivity contribution in [3.63, 3.8) is 0 Å². The van der Waals surface area contributed by atoms with Crippen LogP contribution in [0.25, 0.3) is 0 Å². The Labute approximate surface area is 122 Å². The van der Waals surface area contributed by atoms with Gasteiger partial charge in [0.1, 0.15) is 5.75 Å². The summed E-state index contributed by atoms with van der Waals surface area (Å²) < 4.78 is 5.52. The van der Waals surface area contributed by atoms with Crippen molar-refractivity contribution in [2.75, 3.05) is 20.7 Å². The van der Waals surface area contributed by atoms with Gasteiger partial charge in [-0.05, 0) is 57.2 Å². The van der Waals surface area contributed by atoms with Crippen molar-refractivity contribution in [1.29, 1.82) is 0 Å². The normalized spacial score (nSPS) is 23.6. The van der Waals surface area contributed by atoms with Gasteiger partial charge in [-0.1, -0.05) is 29.3 Å². The predicted molar refractivity (Wildman–Crippen MR) is 83.2 cm³/mol. The highest BCUT2D eigenvalue weighted by atomic mass is 16.5. The summed E-state index contributed by atoms with van der Waals surface area (Å²) in [7, 11) is 4.05. The molecular formula is C18H25NO. The molecule has 0 radical (unpaired) electrons. The average molecular weight is 271 g/mol. The molecule has 1 heterocycles. The van der Waals surface area contributed by atoms with Crippen molar-refractivity contribution in [3.8, 4) is 5.75 Å². The molecule has 3 rings (SSSR count). The van der Waals surface area contributed by atoms with Gasteiger partial charge in [-0.15, -0.1) is 0 Å². The molecular weight excluding hydrogens is 246 g/mol. The fourth-order valence-corrected chi connectivity index (χ4v) is 3.77. The van der Waals surface area contributed by atoms with E-state index in [9.17, 15) is 0 Å². The minimum atomic E-state index is 0.579. The second-order valence-corrected chi connectivity index (χ2v) is 6.10. The van der Waals surface area contributed by atoms with Crippen molar-refractivity contribution in [3.05, 3.63) is 41.0 Å². The zero-order valence-electron chi connectivity index (χ0n) is 12.7. The molecule has 1 unspecified atom stereocenters. The molecule has 2 heteroatoms. The third-order valence-corrected chi connectivity index (χ3v) is 4.94. The first-order valence-electron chi connectivity index (χ1n) is 7.82. The minimum absolute atomic E-state index is 0.579. The maximum Gasteiger partial charge on any atom is 0.122 e. The summed E-state index contributed by atoms with van der Waals surface area (Å²) in [4.78, 5) is 2.54. The van der Waals surface area contributed by atoms with Crippen molar-refractivity contribution in [1.82, 2.24) is 4.90 Å². The van der Waals surface area contributed by atoms with Gasteiger partial charge in [0, 0.05) is 12.6 Å². The lowest BCUT2D eigenvalue weighted by atomic mass is 9.80. The third kappa shape index (κ3) is 2.62. The minimum Gasteiger partial charge on any atom is -0.496 e. The number of methoxy groups -OCH3 is 1. The van der Waals surface area contributed by atoms with Crippen LogP contribution in [0.3, 0.4) is 0 Å². The fraction of sp³-hybridized carbons (Fsp3) is 0.556. The van der Waals surface area contributed by atoms with Crippen molar-refractivity contribution in [2.24, 2.45) is 0 Å². The Balaban J connectivity index is 1.87. The molecule has 0 bridgehead atoms. The van der Waals surface area contributed by atoms with Gasteiger partial charge >= 0.3 is 0 Å². The molecule has 108 valence electrons. The zero-order chi connectivity index (χ0) is 13.9. The summed E-state index contributed by atoms with van der Waals surface area (Å²) in [6, 6.07) is 9.05. The van der Waals surface area contributed by atoms with Crippen LogP contribution in [-0.2, 0) is 6.42 Å².